The van der Waals surface area contributed by atoms with Crippen LogP contribution in [0.3, 0.4) is 0 Å². The zero-order chi connectivity index (χ0) is 32.0. The fraction of sp³-hybridized carbons (Fsp3) is 0.935. The van der Waals surface area contributed by atoms with Crippen LogP contribution in [0.1, 0.15) is 58.3 Å². The summed E-state index contributed by atoms with van der Waals surface area (Å²) in [6, 6.07) is 0. The maximum atomic E-state index is 11.6. The van der Waals surface area contributed by atoms with Gasteiger partial charge in [-0.3, -0.25) is 9.59 Å². The molecule has 0 radical (unpaired) electrons. The lowest BCUT2D eigenvalue weighted by atomic mass is 10.1. The lowest BCUT2D eigenvalue weighted by Crippen LogP contribution is -2.15. The molecule has 0 amide bonds. The molecule has 0 aliphatic carbocycles. The Kier molecular flexibility index (Phi) is 36.5. The van der Waals surface area contributed by atoms with Gasteiger partial charge in [0.15, 0.2) is 0 Å². The van der Waals surface area contributed by atoms with Crippen LogP contribution in [-0.2, 0) is 61.7 Å². The van der Waals surface area contributed by atoms with E-state index in [2.05, 4.69) is 11.7 Å². The Morgan fingerprint density at radius 3 is 1.05 bits per heavy atom. The number of ether oxygens (including phenoxy) is 11. The molecule has 0 atom stereocenters. The van der Waals surface area contributed by atoms with Crippen molar-refractivity contribution in [2.24, 2.45) is 0 Å². The van der Waals surface area contributed by atoms with Crippen LogP contribution in [0.15, 0.2) is 0 Å². The summed E-state index contributed by atoms with van der Waals surface area (Å²) < 4.78 is 58.4. The number of rotatable bonds is 37. The molecule has 0 unspecified atom stereocenters. The SMILES string of the molecule is CCCCCCCCC(=O)OCCOCCOCCOCCOCCOCCOCCOCCOCCOCCC(=O)OC. The summed E-state index contributed by atoms with van der Waals surface area (Å²) in [7, 11) is 1.35. The fourth-order valence-corrected chi connectivity index (χ4v) is 3.46. The molecule has 0 bridgehead atoms. The van der Waals surface area contributed by atoms with Gasteiger partial charge in [0.2, 0.25) is 0 Å². The van der Waals surface area contributed by atoms with E-state index in [0.29, 0.717) is 125 Å². The van der Waals surface area contributed by atoms with Gasteiger partial charge >= 0.3 is 11.9 Å². The van der Waals surface area contributed by atoms with Crippen molar-refractivity contribution in [2.75, 3.05) is 133 Å². The molecule has 0 rings (SSSR count). The minimum absolute atomic E-state index is 0.147. The Bertz CT molecular complexity index is 595. The van der Waals surface area contributed by atoms with Crippen molar-refractivity contribution in [3.63, 3.8) is 0 Å². The number of carbonyl (C=O) groups excluding carboxylic acids is 2. The van der Waals surface area contributed by atoms with Gasteiger partial charge in [0, 0.05) is 6.42 Å². The number of hydrogen-bond donors (Lipinski definition) is 0. The van der Waals surface area contributed by atoms with Crippen LogP contribution in [0.2, 0.25) is 0 Å². The van der Waals surface area contributed by atoms with Gasteiger partial charge in [0.05, 0.1) is 132 Å². The lowest BCUT2D eigenvalue weighted by Gasteiger charge is -2.09. The minimum Gasteiger partial charge on any atom is -0.469 e. The van der Waals surface area contributed by atoms with E-state index in [1.165, 1.54) is 32.8 Å². The van der Waals surface area contributed by atoms with Gasteiger partial charge in [0.1, 0.15) is 6.61 Å². The predicted octanol–water partition coefficient (Wildman–Crippen LogP) is 2.99. The number of carbonyl (C=O) groups is 2. The third kappa shape index (κ3) is 36.8. The molecule has 262 valence electrons. The number of methoxy groups -OCH3 is 1. The first kappa shape index (κ1) is 42.6. The van der Waals surface area contributed by atoms with Crippen LogP contribution in [0.25, 0.3) is 0 Å². The van der Waals surface area contributed by atoms with E-state index in [1.54, 1.807) is 0 Å². The van der Waals surface area contributed by atoms with Gasteiger partial charge in [-0.2, -0.15) is 0 Å². The van der Waals surface area contributed by atoms with E-state index >= 15 is 0 Å². The second-order valence-corrected chi connectivity index (χ2v) is 9.58. The van der Waals surface area contributed by atoms with E-state index in [4.69, 9.17) is 47.4 Å². The topological polar surface area (TPSA) is 136 Å². The molecule has 0 aliphatic heterocycles. The summed E-state index contributed by atoms with van der Waals surface area (Å²) in [5.41, 5.74) is 0. The molecule has 0 saturated heterocycles. The second-order valence-electron chi connectivity index (χ2n) is 9.58. The zero-order valence-electron chi connectivity index (χ0n) is 27.4. The van der Waals surface area contributed by atoms with E-state index in [-0.39, 0.29) is 25.0 Å². The van der Waals surface area contributed by atoms with Crippen LogP contribution < -0.4 is 0 Å². The highest BCUT2D eigenvalue weighted by Gasteiger charge is 2.03. The summed E-state index contributed by atoms with van der Waals surface area (Å²) in [5.74, 6) is -0.434. The minimum atomic E-state index is -0.287. The summed E-state index contributed by atoms with van der Waals surface area (Å²) in [5, 5.41) is 0. The van der Waals surface area contributed by atoms with Crippen molar-refractivity contribution in [1.29, 1.82) is 0 Å². The van der Waals surface area contributed by atoms with Crippen LogP contribution in [0.5, 0.6) is 0 Å². The first-order valence-electron chi connectivity index (χ1n) is 16.1. The number of hydrogen-bond acceptors (Lipinski definition) is 13. The van der Waals surface area contributed by atoms with Crippen LogP contribution in [-0.4, -0.2) is 145 Å². The first-order chi connectivity index (χ1) is 21.7. The number of unbranched alkanes of at least 4 members (excludes halogenated alkanes) is 5. The molecule has 0 heterocycles. The highest BCUT2D eigenvalue weighted by molar-refractivity contribution is 5.69. The first-order valence-corrected chi connectivity index (χ1v) is 16.1. The van der Waals surface area contributed by atoms with E-state index in [0.717, 1.165) is 12.8 Å². The van der Waals surface area contributed by atoms with Gasteiger partial charge < -0.3 is 52.1 Å². The molecule has 44 heavy (non-hydrogen) atoms. The summed E-state index contributed by atoms with van der Waals surface area (Å²) >= 11 is 0. The molecule has 0 spiro atoms. The summed E-state index contributed by atoms with van der Waals surface area (Å²) in [6.07, 6.45) is 7.65. The maximum Gasteiger partial charge on any atom is 0.307 e. The van der Waals surface area contributed by atoms with Crippen molar-refractivity contribution in [1.82, 2.24) is 0 Å². The zero-order valence-corrected chi connectivity index (χ0v) is 27.4. The monoisotopic (exact) mass is 640 g/mol. The Morgan fingerprint density at radius 2 is 0.682 bits per heavy atom. The third-order valence-electron chi connectivity index (χ3n) is 5.88. The average molecular weight is 641 g/mol. The van der Waals surface area contributed by atoms with Gasteiger partial charge in [-0.15, -0.1) is 0 Å². The quantitative estimate of drug-likeness (QED) is 0.0728. The Hall–Kier alpha value is -1.42. The van der Waals surface area contributed by atoms with Crippen LogP contribution >= 0.6 is 0 Å². The van der Waals surface area contributed by atoms with Crippen molar-refractivity contribution in [3.05, 3.63) is 0 Å². The molecule has 0 fully saturated rings. The Balaban J connectivity index is 3.10. The average Bonchev–Trinajstić information content (AvgIpc) is 3.03. The molecular weight excluding hydrogens is 580 g/mol. The van der Waals surface area contributed by atoms with Crippen LogP contribution in [0, 0.1) is 0 Å². The highest BCUT2D eigenvalue weighted by Crippen LogP contribution is 2.07. The van der Waals surface area contributed by atoms with Crippen molar-refractivity contribution < 1.29 is 61.7 Å². The summed E-state index contributed by atoms with van der Waals surface area (Å²) in [4.78, 5) is 22.6. The summed E-state index contributed by atoms with van der Waals surface area (Å²) in [6.45, 7) is 10.8. The molecular formula is C31H60O13. The molecule has 0 N–H and O–H groups in total. The molecule has 0 aliphatic rings. The van der Waals surface area contributed by atoms with Gasteiger partial charge in [-0.05, 0) is 6.42 Å². The number of esters is 2. The van der Waals surface area contributed by atoms with E-state index in [1.807, 2.05) is 0 Å². The van der Waals surface area contributed by atoms with Gasteiger partial charge in [-0.1, -0.05) is 39.0 Å². The van der Waals surface area contributed by atoms with Crippen molar-refractivity contribution >= 4 is 11.9 Å². The molecule has 0 aromatic rings. The smallest absolute Gasteiger partial charge is 0.307 e. The third-order valence-corrected chi connectivity index (χ3v) is 5.88. The molecule has 0 saturated carbocycles. The van der Waals surface area contributed by atoms with E-state index < -0.39 is 0 Å². The van der Waals surface area contributed by atoms with Crippen molar-refractivity contribution in [3.8, 4) is 0 Å². The second kappa shape index (κ2) is 37.8. The lowest BCUT2D eigenvalue weighted by molar-refractivity contribution is -0.145. The maximum absolute atomic E-state index is 11.6. The Labute approximate surface area is 264 Å². The molecule has 13 heteroatoms. The standard InChI is InChI=1S/C31H60O13/c1-3-4-5-6-7-8-9-31(33)44-29-28-43-27-26-42-25-24-41-23-22-40-21-20-39-19-18-38-17-16-37-15-14-36-13-12-35-11-10-30(32)34-2/h3-29H2,1-2H3. The molecule has 0 aromatic carbocycles. The predicted molar refractivity (Wildman–Crippen MR) is 163 cm³/mol. The largest absolute Gasteiger partial charge is 0.469 e. The van der Waals surface area contributed by atoms with Gasteiger partial charge in [-0.25, -0.2) is 0 Å². The highest BCUT2D eigenvalue weighted by atomic mass is 16.6. The Morgan fingerprint density at radius 1 is 0.364 bits per heavy atom. The fourth-order valence-electron chi connectivity index (χ4n) is 3.46. The van der Waals surface area contributed by atoms with Crippen LogP contribution in [0.4, 0.5) is 0 Å². The van der Waals surface area contributed by atoms with Gasteiger partial charge in [0.25, 0.3) is 0 Å². The van der Waals surface area contributed by atoms with Crippen molar-refractivity contribution in [2.45, 2.75) is 58.3 Å². The molecule has 13 nitrogen and oxygen atoms in total. The molecule has 0 aromatic heterocycles. The normalized spacial score (nSPS) is 11.2. The van der Waals surface area contributed by atoms with E-state index in [9.17, 15) is 9.59 Å².